The lowest BCUT2D eigenvalue weighted by Gasteiger charge is -2.17. The van der Waals surface area contributed by atoms with Crippen molar-refractivity contribution in [1.82, 2.24) is 5.32 Å². The highest BCUT2D eigenvalue weighted by atomic mass is 32.2. The van der Waals surface area contributed by atoms with E-state index in [1.807, 2.05) is 60.7 Å². The summed E-state index contributed by atoms with van der Waals surface area (Å²) in [7, 11) is 0. The van der Waals surface area contributed by atoms with Gasteiger partial charge in [-0.2, -0.15) is 0 Å². The molecule has 1 aromatic heterocycles. The van der Waals surface area contributed by atoms with Crippen LogP contribution >= 0.6 is 11.8 Å². The summed E-state index contributed by atoms with van der Waals surface area (Å²) < 4.78 is 5.50. The van der Waals surface area contributed by atoms with Crippen LogP contribution in [0.2, 0.25) is 0 Å². The van der Waals surface area contributed by atoms with Gasteiger partial charge in [0, 0.05) is 5.75 Å². The molecule has 0 spiro atoms. The van der Waals surface area contributed by atoms with Gasteiger partial charge >= 0.3 is 0 Å². The lowest BCUT2D eigenvalue weighted by molar-refractivity contribution is -0.119. The summed E-state index contributed by atoms with van der Waals surface area (Å²) in [5, 5.41) is 3.07. The maximum atomic E-state index is 12.3. The standard InChI is InChI=1S/C20H19NO2S/c22-19(15-24-14-16-8-3-1-4-9-16)21-20(18-12-7-13-23-18)17-10-5-2-6-11-17/h1-13,20H,14-15H2,(H,21,22)/t20-/m1/s1. The lowest BCUT2D eigenvalue weighted by atomic mass is 10.0. The third-order valence-corrected chi connectivity index (χ3v) is 4.61. The maximum absolute atomic E-state index is 12.3. The van der Waals surface area contributed by atoms with E-state index < -0.39 is 0 Å². The number of hydrogen-bond acceptors (Lipinski definition) is 3. The first kappa shape index (κ1) is 16.4. The SMILES string of the molecule is O=C(CSCc1ccccc1)N[C@H](c1ccccc1)c1ccco1. The highest BCUT2D eigenvalue weighted by molar-refractivity contribution is 7.99. The molecule has 0 aliphatic rings. The topological polar surface area (TPSA) is 42.2 Å². The molecule has 122 valence electrons. The Bertz CT molecular complexity index is 742. The molecule has 0 saturated carbocycles. The Balaban J connectivity index is 1.59. The van der Waals surface area contributed by atoms with E-state index in [1.54, 1.807) is 18.0 Å². The van der Waals surface area contributed by atoms with Gasteiger partial charge in [0.25, 0.3) is 0 Å². The number of amides is 1. The van der Waals surface area contributed by atoms with E-state index in [4.69, 9.17) is 4.42 Å². The van der Waals surface area contributed by atoms with Crippen molar-refractivity contribution in [2.75, 3.05) is 5.75 Å². The van der Waals surface area contributed by atoms with E-state index in [2.05, 4.69) is 17.4 Å². The van der Waals surface area contributed by atoms with Gasteiger partial charge in [-0.05, 0) is 23.3 Å². The predicted molar refractivity (Wildman–Crippen MR) is 97.7 cm³/mol. The molecule has 0 saturated heterocycles. The minimum atomic E-state index is -0.258. The number of nitrogens with one attached hydrogen (secondary N) is 1. The fourth-order valence-electron chi connectivity index (χ4n) is 2.46. The second kappa shape index (κ2) is 8.41. The Morgan fingerprint density at radius 1 is 0.958 bits per heavy atom. The molecule has 0 aliphatic heterocycles. The number of carbonyl (C=O) groups is 1. The Morgan fingerprint density at radius 2 is 1.67 bits per heavy atom. The molecule has 0 bridgehead atoms. The molecule has 0 fully saturated rings. The molecule has 0 aliphatic carbocycles. The van der Waals surface area contributed by atoms with E-state index >= 15 is 0 Å². The van der Waals surface area contributed by atoms with E-state index in [0.29, 0.717) is 5.75 Å². The first-order chi connectivity index (χ1) is 11.8. The number of furan rings is 1. The fraction of sp³-hybridized carbons (Fsp3) is 0.150. The first-order valence-corrected chi connectivity index (χ1v) is 8.98. The predicted octanol–water partition coefficient (Wildman–Crippen LogP) is 4.42. The van der Waals surface area contributed by atoms with Gasteiger partial charge in [-0.25, -0.2) is 0 Å². The van der Waals surface area contributed by atoms with Gasteiger partial charge in [0.1, 0.15) is 11.8 Å². The normalized spacial score (nSPS) is 11.8. The number of benzene rings is 2. The second-order valence-corrected chi connectivity index (χ2v) is 6.39. The minimum Gasteiger partial charge on any atom is -0.467 e. The van der Waals surface area contributed by atoms with Crippen molar-refractivity contribution in [3.8, 4) is 0 Å². The second-order valence-electron chi connectivity index (χ2n) is 5.41. The van der Waals surface area contributed by atoms with Crippen molar-refractivity contribution in [3.05, 3.63) is 95.9 Å². The summed E-state index contributed by atoms with van der Waals surface area (Å²) in [5.74, 6) is 1.98. The number of hydrogen-bond donors (Lipinski definition) is 1. The summed E-state index contributed by atoms with van der Waals surface area (Å²) >= 11 is 1.61. The molecular weight excluding hydrogens is 318 g/mol. The van der Waals surface area contributed by atoms with Crippen molar-refractivity contribution in [2.24, 2.45) is 0 Å². The Kier molecular flexibility index (Phi) is 5.75. The van der Waals surface area contributed by atoms with E-state index in [9.17, 15) is 4.79 Å². The first-order valence-electron chi connectivity index (χ1n) is 7.82. The van der Waals surface area contributed by atoms with Crippen molar-refractivity contribution in [1.29, 1.82) is 0 Å². The molecule has 3 aromatic rings. The molecule has 4 heteroatoms. The van der Waals surface area contributed by atoms with Gasteiger partial charge < -0.3 is 9.73 Å². The Morgan fingerprint density at radius 3 is 2.33 bits per heavy atom. The van der Waals surface area contributed by atoms with Crippen LogP contribution in [0.4, 0.5) is 0 Å². The van der Waals surface area contributed by atoms with Crippen molar-refractivity contribution in [2.45, 2.75) is 11.8 Å². The van der Waals surface area contributed by atoms with Gasteiger partial charge in [0.2, 0.25) is 5.91 Å². The molecule has 2 aromatic carbocycles. The third-order valence-electron chi connectivity index (χ3n) is 3.61. The quantitative estimate of drug-likeness (QED) is 0.694. The van der Waals surface area contributed by atoms with Gasteiger partial charge in [0.05, 0.1) is 12.0 Å². The smallest absolute Gasteiger partial charge is 0.230 e. The molecular formula is C20H19NO2S. The fourth-order valence-corrected chi connectivity index (χ4v) is 3.26. The van der Waals surface area contributed by atoms with Crippen LogP contribution in [0.1, 0.15) is 22.9 Å². The minimum absolute atomic E-state index is 0.00110. The molecule has 3 nitrogen and oxygen atoms in total. The highest BCUT2D eigenvalue weighted by Gasteiger charge is 2.19. The van der Waals surface area contributed by atoms with Crippen LogP contribution in [0.25, 0.3) is 0 Å². The van der Waals surface area contributed by atoms with Crippen LogP contribution < -0.4 is 5.32 Å². The molecule has 1 heterocycles. The van der Waals surface area contributed by atoms with Gasteiger partial charge in [-0.3, -0.25) is 4.79 Å². The van der Waals surface area contributed by atoms with Crippen LogP contribution in [0.15, 0.2) is 83.5 Å². The summed E-state index contributed by atoms with van der Waals surface area (Å²) in [6.07, 6.45) is 1.63. The van der Waals surface area contributed by atoms with Crippen molar-refractivity contribution >= 4 is 17.7 Å². The average Bonchev–Trinajstić information content (AvgIpc) is 3.16. The van der Waals surface area contributed by atoms with Crippen LogP contribution in [-0.4, -0.2) is 11.7 Å². The zero-order chi connectivity index (χ0) is 16.6. The summed E-state index contributed by atoms with van der Waals surface area (Å²) in [6.45, 7) is 0. The zero-order valence-corrected chi connectivity index (χ0v) is 14.0. The number of thioether (sulfide) groups is 1. The summed E-state index contributed by atoms with van der Waals surface area (Å²) in [5.41, 5.74) is 2.23. The van der Waals surface area contributed by atoms with Crippen LogP contribution in [-0.2, 0) is 10.5 Å². The zero-order valence-electron chi connectivity index (χ0n) is 13.2. The molecule has 1 atom stereocenters. The lowest BCUT2D eigenvalue weighted by Crippen LogP contribution is -2.30. The van der Waals surface area contributed by atoms with E-state index in [1.165, 1.54) is 5.56 Å². The number of carbonyl (C=O) groups excluding carboxylic acids is 1. The largest absolute Gasteiger partial charge is 0.467 e. The van der Waals surface area contributed by atoms with Gasteiger partial charge in [-0.1, -0.05) is 60.7 Å². The molecule has 0 radical (unpaired) electrons. The summed E-state index contributed by atoms with van der Waals surface area (Å²) in [4.78, 5) is 12.3. The van der Waals surface area contributed by atoms with Crippen molar-refractivity contribution < 1.29 is 9.21 Å². The molecule has 1 N–H and O–H groups in total. The average molecular weight is 337 g/mol. The van der Waals surface area contributed by atoms with Crippen molar-refractivity contribution in [3.63, 3.8) is 0 Å². The summed E-state index contributed by atoms with van der Waals surface area (Å²) in [6, 6.07) is 23.5. The molecule has 3 rings (SSSR count). The monoisotopic (exact) mass is 337 g/mol. The third kappa shape index (κ3) is 4.52. The van der Waals surface area contributed by atoms with Gasteiger partial charge in [-0.15, -0.1) is 11.8 Å². The van der Waals surface area contributed by atoms with Crippen LogP contribution in [0, 0.1) is 0 Å². The molecule has 1 amide bonds. The molecule has 24 heavy (non-hydrogen) atoms. The van der Waals surface area contributed by atoms with E-state index in [-0.39, 0.29) is 11.9 Å². The molecule has 0 unspecified atom stereocenters. The van der Waals surface area contributed by atoms with Gasteiger partial charge in [0.15, 0.2) is 0 Å². The number of rotatable bonds is 7. The maximum Gasteiger partial charge on any atom is 0.230 e. The van der Waals surface area contributed by atoms with Crippen LogP contribution in [0.3, 0.4) is 0 Å². The highest BCUT2D eigenvalue weighted by Crippen LogP contribution is 2.22. The van der Waals surface area contributed by atoms with Crippen LogP contribution in [0.5, 0.6) is 0 Å². The van der Waals surface area contributed by atoms with E-state index in [0.717, 1.165) is 17.1 Å². The Hall–Kier alpha value is -2.46. The Labute approximate surface area is 146 Å².